The number of nitrogens with zero attached hydrogens (tertiary/aromatic N) is 1. The van der Waals surface area contributed by atoms with E-state index in [0.29, 0.717) is 12.1 Å². The van der Waals surface area contributed by atoms with Gasteiger partial charge in [0.1, 0.15) is 0 Å². The number of hydrogen-bond acceptors (Lipinski definition) is 3. The smallest absolute Gasteiger partial charge is 0.254 e. The highest BCUT2D eigenvalue weighted by molar-refractivity contribution is 5.98. The molecule has 0 fully saturated rings. The van der Waals surface area contributed by atoms with Gasteiger partial charge < -0.3 is 15.3 Å². The summed E-state index contributed by atoms with van der Waals surface area (Å²) in [6.45, 7) is 0.732. The molecule has 0 saturated heterocycles. The Morgan fingerprint density at radius 1 is 1.39 bits per heavy atom. The lowest BCUT2D eigenvalue weighted by molar-refractivity contribution is -0.122. The van der Waals surface area contributed by atoms with Crippen molar-refractivity contribution in [2.75, 3.05) is 26.2 Å². The highest BCUT2D eigenvalue weighted by Gasteiger charge is 2.25. The van der Waals surface area contributed by atoms with Gasteiger partial charge in [-0.05, 0) is 18.1 Å². The lowest BCUT2D eigenvalue weighted by atomic mass is 9.99. The Kier molecular flexibility index (Phi) is 3.94. The van der Waals surface area contributed by atoms with Gasteiger partial charge in [-0.2, -0.15) is 0 Å². The second-order valence-corrected chi connectivity index (χ2v) is 4.21. The summed E-state index contributed by atoms with van der Waals surface area (Å²) in [4.78, 5) is 25.2. The molecule has 0 atom stereocenters. The van der Waals surface area contributed by atoms with Crippen LogP contribution in [0.5, 0.6) is 0 Å². The van der Waals surface area contributed by atoms with E-state index in [1.807, 2.05) is 18.2 Å². The summed E-state index contributed by atoms with van der Waals surface area (Å²) >= 11 is 0. The number of amides is 2. The summed E-state index contributed by atoms with van der Waals surface area (Å²) in [5.41, 5.74) is 1.72. The Hall–Kier alpha value is -1.88. The predicted octanol–water partition coefficient (Wildman–Crippen LogP) is -0.207. The molecule has 2 N–H and O–H groups in total. The Morgan fingerprint density at radius 3 is 2.94 bits per heavy atom. The molecule has 0 radical (unpaired) electrons. The van der Waals surface area contributed by atoms with Gasteiger partial charge in [0.15, 0.2) is 0 Å². The SMILES string of the molecule is O=C(CN1CCc2ccccc2C1=O)NCCO. The highest BCUT2D eigenvalue weighted by Crippen LogP contribution is 2.17. The van der Waals surface area contributed by atoms with E-state index in [0.717, 1.165) is 12.0 Å². The first-order valence-corrected chi connectivity index (χ1v) is 5.97. The van der Waals surface area contributed by atoms with E-state index in [9.17, 15) is 9.59 Å². The molecule has 1 aromatic rings. The molecule has 0 bridgehead atoms. The largest absolute Gasteiger partial charge is 0.395 e. The lowest BCUT2D eigenvalue weighted by Crippen LogP contribution is -2.44. The molecule has 5 heteroatoms. The molecule has 1 heterocycles. The number of aliphatic hydroxyl groups excluding tert-OH is 1. The fourth-order valence-corrected chi connectivity index (χ4v) is 2.05. The molecular weight excluding hydrogens is 232 g/mol. The average Bonchev–Trinajstić information content (AvgIpc) is 2.40. The molecule has 0 saturated carbocycles. The van der Waals surface area contributed by atoms with Gasteiger partial charge in [0, 0.05) is 18.7 Å². The third-order valence-corrected chi connectivity index (χ3v) is 2.95. The number of rotatable bonds is 4. The van der Waals surface area contributed by atoms with Gasteiger partial charge in [-0.1, -0.05) is 18.2 Å². The number of hydrogen-bond donors (Lipinski definition) is 2. The fraction of sp³-hybridized carbons (Fsp3) is 0.385. The fourth-order valence-electron chi connectivity index (χ4n) is 2.05. The van der Waals surface area contributed by atoms with Crippen molar-refractivity contribution in [2.24, 2.45) is 0 Å². The predicted molar refractivity (Wildman–Crippen MR) is 66.1 cm³/mol. The summed E-state index contributed by atoms with van der Waals surface area (Å²) in [5.74, 6) is -0.340. The van der Waals surface area contributed by atoms with Gasteiger partial charge >= 0.3 is 0 Å². The van der Waals surface area contributed by atoms with Gasteiger partial charge in [-0.3, -0.25) is 9.59 Å². The number of nitrogens with one attached hydrogen (secondary N) is 1. The van der Waals surface area contributed by atoms with Crippen LogP contribution in [0.4, 0.5) is 0 Å². The van der Waals surface area contributed by atoms with Crippen molar-refractivity contribution in [1.29, 1.82) is 0 Å². The first-order chi connectivity index (χ1) is 8.72. The van der Waals surface area contributed by atoms with Crippen LogP contribution < -0.4 is 5.32 Å². The van der Waals surface area contributed by atoms with Crippen molar-refractivity contribution < 1.29 is 14.7 Å². The van der Waals surface area contributed by atoms with Gasteiger partial charge in [0.05, 0.1) is 13.2 Å². The molecule has 96 valence electrons. The van der Waals surface area contributed by atoms with E-state index >= 15 is 0 Å². The molecule has 5 nitrogen and oxygen atoms in total. The number of aliphatic hydroxyl groups is 1. The van der Waals surface area contributed by atoms with Crippen LogP contribution in [-0.4, -0.2) is 48.1 Å². The van der Waals surface area contributed by atoms with Crippen molar-refractivity contribution in [3.05, 3.63) is 35.4 Å². The standard InChI is InChI=1S/C13H16N2O3/c16-8-6-14-12(17)9-15-7-5-10-3-1-2-4-11(10)13(15)18/h1-4,16H,5-9H2,(H,14,17). The number of carbonyl (C=O) groups excluding carboxylic acids is 2. The van der Waals surface area contributed by atoms with Crippen LogP contribution in [0.1, 0.15) is 15.9 Å². The number of benzene rings is 1. The van der Waals surface area contributed by atoms with Gasteiger partial charge in [0.25, 0.3) is 5.91 Å². The molecule has 0 spiro atoms. The minimum absolute atomic E-state index is 0.0488. The van der Waals surface area contributed by atoms with Gasteiger partial charge in [0.2, 0.25) is 5.91 Å². The first-order valence-electron chi connectivity index (χ1n) is 5.97. The Bertz CT molecular complexity index is 459. The van der Waals surface area contributed by atoms with Crippen LogP contribution in [0.3, 0.4) is 0 Å². The Balaban J connectivity index is 2.01. The quantitative estimate of drug-likeness (QED) is 0.775. The van der Waals surface area contributed by atoms with Crippen LogP contribution in [0.15, 0.2) is 24.3 Å². The van der Waals surface area contributed by atoms with E-state index < -0.39 is 0 Å². The zero-order valence-corrected chi connectivity index (χ0v) is 10.1. The van der Waals surface area contributed by atoms with Crippen molar-refractivity contribution in [3.8, 4) is 0 Å². The zero-order valence-electron chi connectivity index (χ0n) is 10.1. The van der Waals surface area contributed by atoms with Gasteiger partial charge in [-0.15, -0.1) is 0 Å². The summed E-state index contributed by atoms with van der Waals surface area (Å²) in [6.07, 6.45) is 0.773. The van der Waals surface area contributed by atoms with Crippen molar-refractivity contribution >= 4 is 11.8 Å². The van der Waals surface area contributed by atoms with E-state index in [-0.39, 0.29) is 31.5 Å². The van der Waals surface area contributed by atoms with Crippen molar-refractivity contribution in [1.82, 2.24) is 10.2 Å². The molecule has 1 aliphatic rings. The van der Waals surface area contributed by atoms with E-state index in [1.165, 1.54) is 4.90 Å². The summed E-state index contributed by atoms with van der Waals surface area (Å²) in [5, 5.41) is 11.1. The second kappa shape index (κ2) is 5.64. The third-order valence-electron chi connectivity index (χ3n) is 2.95. The minimum Gasteiger partial charge on any atom is -0.395 e. The van der Waals surface area contributed by atoms with E-state index in [4.69, 9.17) is 5.11 Å². The summed E-state index contributed by atoms with van der Waals surface area (Å²) < 4.78 is 0. The molecule has 1 aliphatic heterocycles. The molecule has 2 rings (SSSR count). The molecule has 18 heavy (non-hydrogen) atoms. The van der Waals surface area contributed by atoms with Crippen LogP contribution in [0, 0.1) is 0 Å². The average molecular weight is 248 g/mol. The lowest BCUT2D eigenvalue weighted by Gasteiger charge is -2.27. The van der Waals surface area contributed by atoms with Crippen molar-refractivity contribution in [3.63, 3.8) is 0 Å². The second-order valence-electron chi connectivity index (χ2n) is 4.21. The summed E-state index contributed by atoms with van der Waals surface area (Å²) in [7, 11) is 0. The topological polar surface area (TPSA) is 69.6 Å². The number of fused-ring (bicyclic) bond motifs is 1. The van der Waals surface area contributed by atoms with Crippen LogP contribution in [-0.2, 0) is 11.2 Å². The van der Waals surface area contributed by atoms with Gasteiger partial charge in [-0.25, -0.2) is 0 Å². The Morgan fingerprint density at radius 2 is 2.17 bits per heavy atom. The molecule has 0 aliphatic carbocycles. The zero-order chi connectivity index (χ0) is 13.0. The molecule has 0 unspecified atom stereocenters. The maximum Gasteiger partial charge on any atom is 0.254 e. The molecule has 0 aromatic heterocycles. The first kappa shape index (κ1) is 12.6. The molecule has 2 amide bonds. The normalized spacial score (nSPS) is 14.3. The van der Waals surface area contributed by atoms with Crippen LogP contribution in [0.2, 0.25) is 0 Å². The maximum atomic E-state index is 12.1. The highest BCUT2D eigenvalue weighted by atomic mass is 16.3. The van der Waals surface area contributed by atoms with Crippen molar-refractivity contribution in [2.45, 2.75) is 6.42 Å². The van der Waals surface area contributed by atoms with Crippen LogP contribution >= 0.6 is 0 Å². The minimum atomic E-state index is -0.239. The maximum absolute atomic E-state index is 12.1. The third kappa shape index (κ3) is 2.68. The summed E-state index contributed by atoms with van der Waals surface area (Å²) in [6, 6.07) is 7.47. The number of carbonyl (C=O) groups is 2. The molecule has 1 aromatic carbocycles. The van der Waals surface area contributed by atoms with E-state index in [1.54, 1.807) is 6.07 Å². The monoisotopic (exact) mass is 248 g/mol. The molecular formula is C13H16N2O3. The van der Waals surface area contributed by atoms with Crippen LogP contribution in [0.25, 0.3) is 0 Å². The Labute approximate surface area is 105 Å². The van der Waals surface area contributed by atoms with E-state index in [2.05, 4.69) is 5.32 Å².